The third-order valence-electron chi connectivity index (χ3n) is 5.14. The van der Waals surface area contributed by atoms with Gasteiger partial charge in [-0.25, -0.2) is 4.39 Å². The van der Waals surface area contributed by atoms with Gasteiger partial charge in [0, 0.05) is 17.6 Å². The van der Waals surface area contributed by atoms with Crippen LogP contribution in [0.15, 0.2) is 24.3 Å². The highest BCUT2D eigenvalue weighted by atomic mass is 19.1. The van der Waals surface area contributed by atoms with Crippen molar-refractivity contribution in [3.8, 4) is 0 Å². The highest BCUT2D eigenvalue weighted by Gasteiger charge is 2.30. The quantitative estimate of drug-likeness (QED) is 0.911. The maximum atomic E-state index is 13.9. The highest BCUT2D eigenvalue weighted by molar-refractivity contribution is 5.20. The van der Waals surface area contributed by atoms with Crippen LogP contribution in [-0.4, -0.2) is 30.6 Å². The standard InChI is InChI=1S/C17H25FN2/c1-13(15-5-2-3-6-16(15)18)20-11-8-14(9-12-20)17-7-4-10-19-17/h2-3,5-6,13-14,17,19H,4,7-12H2,1H3. The summed E-state index contributed by atoms with van der Waals surface area (Å²) in [7, 11) is 0. The second kappa shape index (κ2) is 6.23. The number of halogens is 1. The van der Waals surface area contributed by atoms with E-state index in [0.717, 1.165) is 30.6 Å². The average molecular weight is 276 g/mol. The molecule has 20 heavy (non-hydrogen) atoms. The van der Waals surface area contributed by atoms with E-state index >= 15 is 0 Å². The second-order valence-corrected chi connectivity index (χ2v) is 6.27. The van der Waals surface area contributed by atoms with E-state index in [1.54, 1.807) is 12.1 Å². The van der Waals surface area contributed by atoms with Gasteiger partial charge in [-0.15, -0.1) is 0 Å². The predicted octanol–water partition coefficient (Wildman–Crippen LogP) is 3.35. The fraction of sp³-hybridized carbons (Fsp3) is 0.647. The number of likely N-dealkylation sites (tertiary alicyclic amines) is 1. The fourth-order valence-electron chi connectivity index (χ4n) is 3.83. The normalized spacial score (nSPS) is 26.8. The molecule has 0 spiro atoms. The van der Waals surface area contributed by atoms with Gasteiger partial charge in [-0.3, -0.25) is 4.90 Å². The lowest BCUT2D eigenvalue weighted by atomic mass is 9.87. The summed E-state index contributed by atoms with van der Waals surface area (Å²) < 4.78 is 13.9. The SMILES string of the molecule is CC(c1ccccc1F)N1CCC(C2CCCN2)CC1. The van der Waals surface area contributed by atoms with Crippen molar-refractivity contribution in [3.05, 3.63) is 35.6 Å². The number of nitrogens with zero attached hydrogens (tertiary/aromatic N) is 1. The van der Waals surface area contributed by atoms with Crippen LogP contribution in [0.25, 0.3) is 0 Å². The van der Waals surface area contributed by atoms with E-state index in [-0.39, 0.29) is 11.9 Å². The van der Waals surface area contributed by atoms with E-state index in [9.17, 15) is 4.39 Å². The number of nitrogens with one attached hydrogen (secondary N) is 1. The molecular weight excluding hydrogens is 251 g/mol. The number of hydrogen-bond donors (Lipinski definition) is 1. The Morgan fingerprint density at radius 2 is 1.95 bits per heavy atom. The first-order chi connectivity index (χ1) is 9.75. The van der Waals surface area contributed by atoms with E-state index in [4.69, 9.17) is 0 Å². The van der Waals surface area contributed by atoms with Crippen molar-refractivity contribution in [1.29, 1.82) is 0 Å². The summed E-state index contributed by atoms with van der Waals surface area (Å²) in [5.74, 6) is 0.751. The van der Waals surface area contributed by atoms with Gasteiger partial charge in [-0.05, 0) is 64.2 Å². The molecular formula is C17H25FN2. The van der Waals surface area contributed by atoms with Crippen LogP contribution in [0.3, 0.4) is 0 Å². The Morgan fingerprint density at radius 3 is 2.60 bits per heavy atom. The van der Waals surface area contributed by atoms with Crippen molar-refractivity contribution < 1.29 is 4.39 Å². The molecule has 0 bridgehead atoms. The lowest BCUT2D eigenvalue weighted by molar-refractivity contribution is 0.125. The monoisotopic (exact) mass is 276 g/mol. The fourth-order valence-corrected chi connectivity index (χ4v) is 3.83. The minimum atomic E-state index is -0.0698. The van der Waals surface area contributed by atoms with Crippen LogP contribution in [0, 0.1) is 11.7 Å². The van der Waals surface area contributed by atoms with Gasteiger partial charge in [-0.2, -0.15) is 0 Å². The molecule has 2 heterocycles. The summed E-state index contributed by atoms with van der Waals surface area (Å²) in [5.41, 5.74) is 0.838. The maximum absolute atomic E-state index is 13.9. The molecule has 0 saturated carbocycles. The summed E-state index contributed by atoms with van der Waals surface area (Å²) in [6, 6.07) is 8.12. The lowest BCUT2D eigenvalue weighted by Gasteiger charge is -2.38. The van der Waals surface area contributed by atoms with Crippen LogP contribution >= 0.6 is 0 Å². The van der Waals surface area contributed by atoms with Crippen molar-refractivity contribution in [2.75, 3.05) is 19.6 Å². The lowest BCUT2D eigenvalue weighted by Crippen LogP contribution is -2.41. The molecule has 2 aliphatic rings. The number of hydrogen-bond acceptors (Lipinski definition) is 2. The number of piperidine rings is 1. The molecule has 2 fully saturated rings. The van der Waals surface area contributed by atoms with E-state index in [1.165, 1.54) is 32.2 Å². The van der Waals surface area contributed by atoms with Crippen molar-refractivity contribution in [2.45, 2.75) is 44.7 Å². The first-order valence-corrected chi connectivity index (χ1v) is 7.97. The molecule has 3 heteroatoms. The zero-order valence-corrected chi connectivity index (χ0v) is 12.3. The predicted molar refractivity (Wildman–Crippen MR) is 80.1 cm³/mol. The zero-order valence-electron chi connectivity index (χ0n) is 12.3. The molecule has 2 atom stereocenters. The van der Waals surface area contributed by atoms with Gasteiger partial charge in [0.15, 0.2) is 0 Å². The molecule has 2 aliphatic heterocycles. The Hall–Kier alpha value is -0.930. The summed E-state index contributed by atoms with van der Waals surface area (Å²) in [5, 5.41) is 3.63. The zero-order chi connectivity index (χ0) is 13.9. The maximum Gasteiger partial charge on any atom is 0.127 e. The first-order valence-electron chi connectivity index (χ1n) is 7.97. The van der Waals surface area contributed by atoms with Gasteiger partial charge in [0.05, 0.1) is 0 Å². The second-order valence-electron chi connectivity index (χ2n) is 6.27. The van der Waals surface area contributed by atoms with Crippen molar-refractivity contribution in [3.63, 3.8) is 0 Å². The van der Waals surface area contributed by atoms with E-state index < -0.39 is 0 Å². The molecule has 2 unspecified atom stereocenters. The van der Waals surface area contributed by atoms with E-state index in [0.29, 0.717) is 0 Å². The Balaban J connectivity index is 1.59. The molecule has 0 aromatic heterocycles. The summed E-state index contributed by atoms with van der Waals surface area (Å²) >= 11 is 0. The number of rotatable bonds is 3. The minimum absolute atomic E-state index is 0.0698. The topological polar surface area (TPSA) is 15.3 Å². The molecule has 2 nitrogen and oxygen atoms in total. The molecule has 0 aliphatic carbocycles. The molecule has 3 rings (SSSR count). The van der Waals surface area contributed by atoms with Crippen molar-refractivity contribution >= 4 is 0 Å². The Bertz CT molecular complexity index is 434. The van der Waals surface area contributed by atoms with Gasteiger partial charge in [-0.1, -0.05) is 18.2 Å². The smallest absolute Gasteiger partial charge is 0.127 e. The highest BCUT2D eigenvalue weighted by Crippen LogP contribution is 2.31. The van der Waals surface area contributed by atoms with Gasteiger partial charge >= 0.3 is 0 Å². The van der Waals surface area contributed by atoms with Crippen LogP contribution < -0.4 is 5.32 Å². The molecule has 110 valence electrons. The van der Waals surface area contributed by atoms with Crippen molar-refractivity contribution in [2.24, 2.45) is 5.92 Å². The van der Waals surface area contributed by atoms with Crippen LogP contribution in [0.1, 0.15) is 44.2 Å². The van der Waals surface area contributed by atoms with Gasteiger partial charge in [0.25, 0.3) is 0 Å². The average Bonchev–Trinajstić information content (AvgIpc) is 3.01. The van der Waals surface area contributed by atoms with Crippen LogP contribution in [0.2, 0.25) is 0 Å². The van der Waals surface area contributed by atoms with Crippen molar-refractivity contribution in [1.82, 2.24) is 10.2 Å². The minimum Gasteiger partial charge on any atom is -0.314 e. The van der Waals surface area contributed by atoms with Crippen LogP contribution in [-0.2, 0) is 0 Å². The first kappa shape index (κ1) is 14.0. The summed E-state index contributed by atoms with van der Waals surface area (Å²) in [4.78, 5) is 2.43. The van der Waals surface area contributed by atoms with Crippen LogP contribution in [0.4, 0.5) is 4.39 Å². The molecule has 2 saturated heterocycles. The summed E-state index contributed by atoms with van der Waals surface area (Å²) in [6.07, 6.45) is 5.16. The Kier molecular flexibility index (Phi) is 4.37. The molecule has 1 N–H and O–H groups in total. The van der Waals surface area contributed by atoms with Gasteiger partial charge < -0.3 is 5.32 Å². The molecule has 0 radical (unpaired) electrons. The third kappa shape index (κ3) is 2.89. The Morgan fingerprint density at radius 1 is 1.20 bits per heavy atom. The van der Waals surface area contributed by atoms with E-state index in [1.807, 2.05) is 12.1 Å². The van der Waals surface area contributed by atoms with Gasteiger partial charge in [0.1, 0.15) is 5.82 Å². The molecule has 1 aromatic carbocycles. The summed E-state index contributed by atoms with van der Waals surface area (Å²) in [6.45, 7) is 5.51. The van der Waals surface area contributed by atoms with Gasteiger partial charge in [0.2, 0.25) is 0 Å². The largest absolute Gasteiger partial charge is 0.314 e. The molecule has 1 aromatic rings. The Labute approximate surface area is 121 Å². The van der Waals surface area contributed by atoms with E-state index in [2.05, 4.69) is 17.1 Å². The third-order valence-corrected chi connectivity index (χ3v) is 5.14. The van der Waals surface area contributed by atoms with Crippen LogP contribution in [0.5, 0.6) is 0 Å². The molecule has 0 amide bonds. The number of benzene rings is 1.